The van der Waals surface area contributed by atoms with Crippen LogP contribution in [0.4, 0.5) is 11.4 Å². The predicted octanol–water partition coefficient (Wildman–Crippen LogP) is 3.15. The molecule has 1 aromatic carbocycles. The molecule has 0 spiro atoms. The highest BCUT2D eigenvalue weighted by Crippen LogP contribution is 2.35. The van der Waals surface area contributed by atoms with Crippen molar-refractivity contribution >= 4 is 17.3 Å². The van der Waals surface area contributed by atoms with Crippen LogP contribution in [-0.4, -0.2) is 19.0 Å². The van der Waals surface area contributed by atoms with E-state index in [4.69, 9.17) is 0 Å². The molecule has 1 aliphatic heterocycles. The third-order valence-electron chi connectivity index (χ3n) is 3.59. The van der Waals surface area contributed by atoms with Gasteiger partial charge in [0.05, 0.1) is 11.4 Å². The van der Waals surface area contributed by atoms with Crippen molar-refractivity contribution < 1.29 is 4.79 Å². The third kappa shape index (κ3) is 2.09. The number of amides is 1. The lowest BCUT2D eigenvalue weighted by Crippen LogP contribution is -2.44. The summed E-state index contributed by atoms with van der Waals surface area (Å²) in [6.45, 7) is 8.62. The second-order valence-corrected chi connectivity index (χ2v) is 5.98. The standard InChI is InChI=1S/C15H22N2O/c1-6-11-14(18)17(5)13-8-7-10(15(2,3)4)9-12(13)16-11/h7-9,11,16H,6H2,1-5H3. The molecule has 1 amide bonds. The van der Waals surface area contributed by atoms with Crippen LogP contribution in [0.15, 0.2) is 18.2 Å². The summed E-state index contributed by atoms with van der Waals surface area (Å²) in [5, 5.41) is 3.35. The Morgan fingerprint density at radius 1 is 1.33 bits per heavy atom. The van der Waals surface area contributed by atoms with Gasteiger partial charge in [-0.05, 0) is 29.5 Å². The molecule has 1 atom stereocenters. The molecule has 2 rings (SSSR count). The Hall–Kier alpha value is -1.51. The molecule has 3 heteroatoms. The summed E-state index contributed by atoms with van der Waals surface area (Å²) in [5.74, 6) is 0.147. The van der Waals surface area contributed by atoms with E-state index >= 15 is 0 Å². The van der Waals surface area contributed by atoms with Crippen molar-refractivity contribution in [2.24, 2.45) is 0 Å². The number of carbonyl (C=O) groups is 1. The minimum atomic E-state index is -0.0993. The van der Waals surface area contributed by atoms with E-state index in [9.17, 15) is 4.79 Å². The first-order valence-electron chi connectivity index (χ1n) is 6.53. The van der Waals surface area contributed by atoms with Gasteiger partial charge in [0, 0.05) is 7.05 Å². The topological polar surface area (TPSA) is 32.3 Å². The fourth-order valence-electron chi connectivity index (χ4n) is 2.29. The van der Waals surface area contributed by atoms with Gasteiger partial charge in [-0.2, -0.15) is 0 Å². The maximum atomic E-state index is 12.1. The normalized spacial score (nSPS) is 19.5. The molecule has 0 radical (unpaired) electrons. The minimum absolute atomic E-state index is 0.0993. The maximum Gasteiger partial charge on any atom is 0.249 e. The zero-order valence-electron chi connectivity index (χ0n) is 11.9. The van der Waals surface area contributed by atoms with Crippen LogP contribution in [0.25, 0.3) is 0 Å². The highest BCUT2D eigenvalue weighted by molar-refractivity contribution is 6.04. The summed E-state index contributed by atoms with van der Waals surface area (Å²) in [6, 6.07) is 6.21. The molecule has 0 fully saturated rings. The largest absolute Gasteiger partial charge is 0.372 e. The van der Waals surface area contributed by atoms with Gasteiger partial charge in [-0.1, -0.05) is 33.8 Å². The number of anilines is 2. The van der Waals surface area contributed by atoms with Crippen LogP contribution in [0.1, 0.15) is 39.7 Å². The van der Waals surface area contributed by atoms with E-state index in [0.29, 0.717) is 0 Å². The van der Waals surface area contributed by atoms with Gasteiger partial charge in [0.1, 0.15) is 6.04 Å². The number of nitrogens with one attached hydrogen (secondary N) is 1. The Labute approximate surface area is 109 Å². The van der Waals surface area contributed by atoms with Gasteiger partial charge >= 0.3 is 0 Å². The zero-order valence-corrected chi connectivity index (χ0v) is 11.9. The van der Waals surface area contributed by atoms with E-state index in [0.717, 1.165) is 17.8 Å². The summed E-state index contributed by atoms with van der Waals surface area (Å²) in [6.07, 6.45) is 0.808. The predicted molar refractivity (Wildman–Crippen MR) is 76.3 cm³/mol. The summed E-state index contributed by atoms with van der Waals surface area (Å²) in [4.78, 5) is 13.8. The highest BCUT2D eigenvalue weighted by Gasteiger charge is 2.29. The van der Waals surface area contributed by atoms with Crippen LogP contribution >= 0.6 is 0 Å². The monoisotopic (exact) mass is 246 g/mol. The number of likely N-dealkylation sites (N-methyl/N-ethyl adjacent to an activating group) is 1. The highest BCUT2D eigenvalue weighted by atomic mass is 16.2. The van der Waals surface area contributed by atoms with E-state index < -0.39 is 0 Å². The number of rotatable bonds is 1. The summed E-state index contributed by atoms with van der Waals surface area (Å²) in [7, 11) is 1.85. The lowest BCUT2D eigenvalue weighted by Gasteiger charge is -2.34. The van der Waals surface area contributed by atoms with Crippen LogP contribution in [0.3, 0.4) is 0 Å². The number of carbonyl (C=O) groups excluding carboxylic acids is 1. The van der Waals surface area contributed by atoms with Gasteiger partial charge in [0.15, 0.2) is 0 Å². The molecule has 0 saturated carbocycles. The second-order valence-electron chi connectivity index (χ2n) is 5.98. The van der Waals surface area contributed by atoms with Crippen LogP contribution in [0.2, 0.25) is 0 Å². The zero-order chi connectivity index (χ0) is 13.5. The molecule has 3 nitrogen and oxygen atoms in total. The SMILES string of the molecule is CCC1Nc2cc(C(C)(C)C)ccc2N(C)C1=O. The fraction of sp³-hybridized carbons (Fsp3) is 0.533. The van der Waals surface area contributed by atoms with Crippen molar-refractivity contribution in [3.05, 3.63) is 23.8 Å². The number of benzene rings is 1. The first-order valence-corrected chi connectivity index (χ1v) is 6.53. The first kappa shape index (κ1) is 12.9. The molecule has 1 heterocycles. The summed E-state index contributed by atoms with van der Waals surface area (Å²) < 4.78 is 0. The molecule has 98 valence electrons. The minimum Gasteiger partial charge on any atom is -0.372 e. The average Bonchev–Trinajstić information content (AvgIpc) is 2.32. The van der Waals surface area contributed by atoms with E-state index in [1.54, 1.807) is 4.90 Å². The van der Waals surface area contributed by atoms with Crippen molar-refractivity contribution in [3.63, 3.8) is 0 Å². The Balaban J connectivity index is 2.45. The van der Waals surface area contributed by atoms with Crippen molar-refractivity contribution in [3.8, 4) is 0 Å². The molecular formula is C15H22N2O. The molecule has 0 saturated heterocycles. The van der Waals surface area contributed by atoms with Crippen LogP contribution in [0.5, 0.6) is 0 Å². The molecule has 0 aromatic heterocycles. The average molecular weight is 246 g/mol. The number of fused-ring (bicyclic) bond motifs is 1. The number of hydrogen-bond donors (Lipinski definition) is 1. The third-order valence-corrected chi connectivity index (χ3v) is 3.59. The molecule has 1 aliphatic rings. The molecule has 0 aliphatic carbocycles. The fourth-order valence-corrected chi connectivity index (χ4v) is 2.29. The second kappa shape index (κ2) is 4.30. The van der Waals surface area contributed by atoms with E-state index in [1.807, 2.05) is 20.0 Å². The number of nitrogens with zero attached hydrogens (tertiary/aromatic N) is 1. The quantitative estimate of drug-likeness (QED) is 0.825. The molecular weight excluding hydrogens is 224 g/mol. The van der Waals surface area contributed by atoms with E-state index in [-0.39, 0.29) is 17.4 Å². The Bertz CT molecular complexity index is 474. The van der Waals surface area contributed by atoms with Gasteiger partial charge in [-0.25, -0.2) is 0 Å². The Morgan fingerprint density at radius 2 is 2.00 bits per heavy atom. The molecule has 18 heavy (non-hydrogen) atoms. The van der Waals surface area contributed by atoms with Crippen LogP contribution in [0, 0.1) is 0 Å². The lowest BCUT2D eigenvalue weighted by atomic mass is 9.86. The van der Waals surface area contributed by atoms with E-state index in [2.05, 4.69) is 38.2 Å². The van der Waals surface area contributed by atoms with Crippen molar-refractivity contribution in [1.29, 1.82) is 0 Å². The van der Waals surface area contributed by atoms with Crippen LogP contribution in [-0.2, 0) is 10.2 Å². The molecule has 1 aromatic rings. The first-order chi connectivity index (χ1) is 8.34. The smallest absolute Gasteiger partial charge is 0.249 e. The van der Waals surface area contributed by atoms with Gasteiger partial charge in [-0.3, -0.25) is 4.79 Å². The Morgan fingerprint density at radius 3 is 2.56 bits per heavy atom. The lowest BCUT2D eigenvalue weighted by molar-refractivity contribution is -0.119. The maximum absolute atomic E-state index is 12.1. The summed E-state index contributed by atoms with van der Waals surface area (Å²) in [5.41, 5.74) is 3.44. The van der Waals surface area contributed by atoms with Crippen molar-refractivity contribution in [1.82, 2.24) is 0 Å². The van der Waals surface area contributed by atoms with Gasteiger partial charge in [-0.15, -0.1) is 0 Å². The van der Waals surface area contributed by atoms with Crippen molar-refractivity contribution in [2.75, 3.05) is 17.3 Å². The van der Waals surface area contributed by atoms with Gasteiger partial charge < -0.3 is 10.2 Å². The van der Waals surface area contributed by atoms with Crippen LogP contribution < -0.4 is 10.2 Å². The van der Waals surface area contributed by atoms with Crippen molar-refractivity contribution in [2.45, 2.75) is 45.6 Å². The summed E-state index contributed by atoms with van der Waals surface area (Å²) >= 11 is 0. The molecule has 1 unspecified atom stereocenters. The molecule has 1 N–H and O–H groups in total. The van der Waals surface area contributed by atoms with Gasteiger partial charge in [0.2, 0.25) is 5.91 Å². The number of hydrogen-bond acceptors (Lipinski definition) is 2. The Kier molecular flexibility index (Phi) is 3.09. The van der Waals surface area contributed by atoms with Gasteiger partial charge in [0.25, 0.3) is 0 Å². The van der Waals surface area contributed by atoms with E-state index in [1.165, 1.54) is 5.56 Å². The molecule has 0 bridgehead atoms.